The lowest BCUT2D eigenvalue weighted by Gasteiger charge is -2.07. The molecule has 0 radical (unpaired) electrons. The van der Waals surface area contributed by atoms with Crippen LogP contribution in [0.1, 0.15) is 6.42 Å². The molecule has 0 bridgehead atoms. The first kappa shape index (κ1) is 15.9. The van der Waals surface area contributed by atoms with E-state index in [0.717, 1.165) is 6.42 Å². The van der Waals surface area contributed by atoms with Gasteiger partial charge in [0.25, 0.3) is 0 Å². The molecule has 1 fully saturated rings. The zero-order valence-corrected chi connectivity index (χ0v) is 9.50. The molecule has 1 saturated heterocycles. The van der Waals surface area contributed by atoms with Crippen LogP contribution in [0.2, 0.25) is 0 Å². The number of halogens is 2. The molecule has 1 heterocycles. The van der Waals surface area contributed by atoms with Crippen molar-refractivity contribution in [1.29, 1.82) is 0 Å². The van der Waals surface area contributed by atoms with Crippen molar-refractivity contribution in [1.82, 2.24) is 5.32 Å². The average Bonchev–Trinajstić information content (AvgIpc) is 2.26. The third-order valence-electron chi connectivity index (χ3n) is 1.81. The molecule has 0 saturated carbocycles. The largest absolute Gasteiger partial charge is 1.00 e. The Kier molecular flexibility index (Phi) is 8.36. The van der Waals surface area contributed by atoms with Crippen molar-refractivity contribution >= 4 is 9.84 Å². The summed E-state index contributed by atoms with van der Waals surface area (Å²) in [5.74, 6) is 0.613. The van der Waals surface area contributed by atoms with Crippen molar-refractivity contribution in [3.8, 4) is 0 Å². The Balaban J connectivity index is 0. The Hall–Kier alpha value is 0.450. The van der Waals surface area contributed by atoms with Gasteiger partial charge in [0.2, 0.25) is 0 Å². The molecule has 1 atom stereocenters. The number of nitrogens with one attached hydrogen (secondary N) is 1. The standard InChI is InChI=1S/C6H14N2O2S.2ClH/c7-2-3-8-6-1-4-11(9,10)5-6;;/h6,8H,1-5,7H2;2*1H/p-2. The maximum atomic E-state index is 10.9. The molecule has 0 spiro atoms. The SMILES string of the molecule is NCCNC1CCS(=O)(=O)C1.[Cl-].[Cl-]. The molecule has 0 amide bonds. The second-order valence-electron chi connectivity index (χ2n) is 2.84. The molecular formula is C6H14Cl2N2O2S-2. The summed E-state index contributed by atoms with van der Waals surface area (Å²) >= 11 is 0. The minimum Gasteiger partial charge on any atom is -1.00 e. The van der Waals surface area contributed by atoms with Crippen molar-refractivity contribution < 1.29 is 33.2 Å². The summed E-state index contributed by atoms with van der Waals surface area (Å²) < 4.78 is 21.9. The molecule has 1 rings (SSSR count). The average molecular weight is 249 g/mol. The summed E-state index contributed by atoms with van der Waals surface area (Å²) in [5, 5.41) is 3.08. The van der Waals surface area contributed by atoms with Crippen LogP contribution in [0.25, 0.3) is 0 Å². The monoisotopic (exact) mass is 248 g/mol. The highest BCUT2D eigenvalue weighted by molar-refractivity contribution is 7.91. The number of hydrogen-bond acceptors (Lipinski definition) is 4. The van der Waals surface area contributed by atoms with Crippen molar-refractivity contribution in [2.45, 2.75) is 12.5 Å². The molecule has 0 aliphatic carbocycles. The first-order valence-corrected chi connectivity index (χ1v) is 5.60. The predicted molar refractivity (Wildman–Crippen MR) is 44.1 cm³/mol. The van der Waals surface area contributed by atoms with Crippen LogP contribution in [0.4, 0.5) is 0 Å². The first-order valence-electron chi connectivity index (χ1n) is 3.78. The van der Waals surface area contributed by atoms with Gasteiger partial charge in [-0.05, 0) is 6.42 Å². The molecule has 0 aromatic carbocycles. The second kappa shape index (κ2) is 6.84. The van der Waals surface area contributed by atoms with Crippen LogP contribution in [-0.2, 0) is 9.84 Å². The lowest BCUT2D eigenvalue weighted by molar-refractivity contribution is -0.001000. The van der Waals surface area contributed by atoms with E-state index < -0.39 is 9.84 Å². The third-order valence-corrected chi connectivity index (χ3v) is 3.58. The Morgan fingerprint density at radius 3 is 2.38 bits per heavy atom. The Labute approximate surface area is 91.4 Å². The van der Waals surface area contributed by atoms with Crippen molar-refractivity contribution in [3.63, 3.8) is 0 Å². The van der Waals surface area contributed by atoms with Gasteiger partial charge in [-0.3, -0.25) is 0 Å². The fraction of sp³-hybridized carbons (Fsp3) is 1.00. The van der Waals surface area contributed by atoms with Crippen LogP contribution in [0.3, 0.4) is 0 Å². The fourth-order valence-corrected chi connectivity index (χ4v) is 2.95. The van der Waals surface area contributed by atoms with E-state index in [9.17, 15) is 8.42 Å². The molecular weight excluding hydrogens is 235 g/mol. The van der Waals surface area contributed by atoms with Gasteiger partial charge in [-0.2, -0.15) is 0 Å². The third kappa shape index (κ3) is 5.70. The van der Waals surface area contributed by atoms with Crippen LogP contribution in [0.15, 0.2) is 0 Å². The van der Waals surface area contributed by atoms with E-state index in [0.29, 0.717) is 18.8 Å². The van der Waals surface area contributed by atoms with Crippen LogP contribution in [0.5, 0.6) is 0 Å². The lowest BCUT2D eigenvalue weighted by Crippen LogP contribution is -3.00. The number of rotatable bonds is 3. The van der Waals surface area contributed by atoms with Crippen LogP contribution in [0, 0.1) is 0 Å². The van der Waals surface area contributed by atoms with Gasteiger partial charge >= 0.3 is 0 Å². The van der Waals surface area contributed by atoms with Crippen LogP contribution in [-0.4, -0.2) is 39.1 Å². The zero-order chi connectivity index (χ0) is 8.32. The quantitative estimate of drug-likeness (QED) is 0.521. The summed E-state index contributed by atoms with van der Waals surface area (Å²) in [6.45, 7) is 1.27. The molecule has 13 heavy (non-hydrogen) atoms. The highest BCUT2D eigenvalue weighted by Gasteiger charge is 2.26. The molecule has 4 nitrogen and oxygen atoms in total. The van der Waals surface area contributed by atoms with Crippen LogP contribution >= 0.6 is 0 Å². The molecule has 1 unspecified atom stereocenters. The first-order chi connectivity index (χ1) is 5.14. The molecule has 1 aliphatic heterocycles. The molecule has 82 valence electrons. The molecule has 0 aromatic heterocycles. The normalized spacial score (nSPS) is 24.5. The number of sulfone groups is 1. The summed E-state index contributed by atoms with van der Waals surface area (Å²) in [6.07, 6.45) is 0.738. The summed E-state index contributed by atoms with van der Waals surface area (Å²) in [7, 11) is -2.73. The smallest absolute Gasteiger partial charge is 0.151 e. The van der Waals surface area contributed by atoms with Gasteiger partial charge < -0.3 is 35.9 Å². The van der Waals surface area contributed by atoms with Gasteiger partial charge in [0.05, 0.1) is 11.5 Å². The van der Waals surface area contributed by atoms with Crippen molar-refractivity contribution in [2.75, 3.05) is 24.6 Å². The van der Waals surface area contributed by atoms with Gasteiger partial charge in [0, 0.05) is 19.1 Å². The highest BCUT2D eigenvalue weighted by atomic mass is 35.5. The molecule has 3 N–H and O–H groups in total. The summed E-state index contributed by atoms with van der Waals surface area (Å²) in [5.41, 5.74) is 5.26. The summed E-state index contributed by atoms with van der Waals surface area (Å²) in [4.78, 5) is 0. The number of hydrogen-bond donors (Lipinski definition) is 2. The van der Waals surface area contributed by atoms with Crippen LogP contribution < -0.4 is 35.9 Å². The minimum atomic E-state index is -2.73. The van der Waals surface area contributed by atoms with Gasteiger partial charge in [0.15, 0.2) is 9.84 Å². The van der Waals surface area contributed by atoms with Crippen molar-refractivity contribution in [3.05, 3.63) is 0 Å². The van der Waals surface area contributed by atoms with E-state index >= 15 is 0 Å². The predicted octanol–water partition coefficient (Wildman–Crippen LogP) is -7.27. The maximum absolute atomic E-state index is 10.9. The fourth-order valence-electron chi connectivity index (χ4n) is 1.24. The second-order valence-corrected chi connectivity index (χ2v) is 5.07. The Bertz CT molecular complexity index is 221. The molecule has 1 aliphatic rings. The van der Waals surface area contributed by atoms with Gasteiger partial charge in [0.1, 0.15) is 0 Å². The van der Waals surface area contributed by atoms with E-state index in [1.54, 1.807) is 0 Å². The maximum Gasteiger partial charge on any atom is 0.151 e. The molecule has 0 aromatic rings. The number of nitrogens with two attached hydrogens (primary N) is 1. The van der Waals surface area contributed by atoms with Gasteiger partial charge in [-0.25, -0.2) is 8.42 Å². The highest BCUT2D eigenvalue weighted by Crippen LogP contribution is 2.10. The van der Waals surface area contributed by atoms with Gasteiger partial charge in [-0.1, -0.05) is 0 Å². The lowest BCUT2D eigenvalue weighted by atomic mass is 10.3. The van der Waals surface area contributed by atoms with E-state index in [1.165, 1.54) is 0 Å². The molecule has 7 heteroatoms. The van der Waals surface area contributed by atoms with E-state index in [2.05, 4.69) is 5.32 Å². The van der Waals surface area contributed by atoms with E-state index in [-0.39, 0.29) is 36.6 Å². The minimum absolute atomic E-state index is 0. The Morgan fingerprint density at radius 1 is 1.38 bits per heavy atom. The van der Waals surface area contributed by atoms with Gasteiger partial charge in [-0.15, -0.1) is 0 Å². The summed E-state index contributed by atoms with van der Waals surface area (Å²) in [6, 6.07) is 0.142. The van der Waals surface area contributed by atoms with Crippen molar-refractivity contribution in [2.24, 2.45) is 5.73 Å². The zero-order valence-electron chi connectivity index (χ0n) is 7.17. The van der Waals surface area contributed by atoms with E-state index in [4.69, 9.17) is 5.73 Å². The topological polar surface area (TPSA) is 72.2 Å². The Morgan fingerprint density at radius 2 is 2.00 bits per heavy atom. The van der Waals surface area contributed by atoms with E-state index in [1.807, 2.05) is 0 Å².